The van der Waals surface area contributed by atoms with Gasteiger partial charge in [0.2, 0.25) is 5.91 Å². The van der Waals surface area contributed by atoms with Crippen LogP contribution >= 0.6 is 0 Å². The minimum Gasteiger partial charge on any atom is -0.348 e. The number of rotatable bonds is 4. The molecule has 0 radical (unpaired) electrons. The highest BCUT2D eigenvalue weighted by Crippen LogP contribution is 2.30. The summed E-state index contributed by atoms with van der Waals surface area (Å²) in [4.78, 5) is 24.8. The second-order valence-electron chi connectivity index (χ2n) is 7.37. The number of benzene rings is 2. The highest BCUT2D eigenvalue weighted by Gasteiger charge is 2.23. The second-order valence-corrected chi connectivity index (χ2v) is 7.37. The molecule has 1 aliphatic rings. The molecule has 5 heteroatoms. The fraction of sp³-hybridized carbons (Fsp3) is 0.261. The first kappa shape index (κ1) is 18.2. The Morgan fingerprint density at radius 3 is 2.75 bits per heavy atom. The molecule has 142 valence electrons. The number of fused-ring (bicyclic) bond motifs is 1. The van der Waals surface area contributed by atoms with Crippen molar-refractivity contribution in [3.05, 3.63) is 87.2 Å². The van der Waals surface area contributed by atoms with Crippen molar-refractivity contribution >= 4 is 5.91 Å². The molecule has 28 heavy (non-hydrogen) atoms. The average Bonchev–Trinajstić information content (AvgIpc) is 3.09. The van der Waals surface area contributed by atoms with Crippen LogP contribution in [0.4, 0.5) is 0 Å². The molecular weight excluding hydrogens is 350 g/mol. The van der Waals surface area contributed by atoms with Gasteiger partial charge in [-0.05, 0) is 61.1 Å². The van der Waals surface area contributed by atoms with Crippen LogP contribution in [0.15, 0.2) is 59.4 Å². The summed E-state index contributed by atoms with van der Waals surface area (Å²) in [5.41, 5.74) is 6.14. The molecule has 1 N–H and O–H groups in total. The minimum absolute atomic E-state index is 0.00216. The van der Waals surface area contributed by atoms with Crippen LogP contribution in [0, 0.1) is 13.8 Å². The van der Waals surface area contributed by atoms with E-state index in [1.54, 1.807) is 6.07 Å². The number of aryl methyl sites for hydroxylation is 3. The van der Waals surface area contributed by atoms with Crippen molar-refractivity contribution in [2.45, 2.75) is 39.3 Å². The van der Waals surface area contributed by atoms with Crippen LogP contribution in [0.1, 0.15) is 34.7 Å². The summed E-state index contributed by atoms with van der Waals surface area (Å²) in [7, 11) is 0. The van der Waals surface area contributed by atoms with E-state index in [9.17, 15) is 9.59 Å². The molecule has 0 bridgehead atoms. The van der Waals surface area contributed by atoms with Gasteiger partial charge in [0.25, 0.3) is 5.56 Å². The minimum atomic E-state index is -0.283. The maximum atomic E-state index is 12.6. The summed E-state index contributed by atoms with van der Waals surface area (Å²) in [6, 6.07) is 17.4. The number of nitrogens with one attached hydrogen (secondary N) is 1. The molecule has 0 unspecified atom stereocenters. The molecule has 0 saturated carbocycles. The van der Waals surface area contributed by atoms with Gasteiger partial charge in [-0.15, -0.1) is 0 Å². The monoisotopic (exact) mass is 373 g/mol. The number of hydrogen-bond donors (Lipinski definition) is 1. The topological polar surface area (TPSA) is 64.0 Å². The Balaban J connectivity index is 1.52. The number of amides is 1. The summed E-state index contributed by atoms with van der Waals surface area (Å²) in [6.07, 6.45) is 1.84. The Morgan fingerprint density at radius 1 is 1.11 bits per heavy atom. The second kappa shape index (κ2) is 7.43. The predicted molar refractivity (Wildman–Crippen MR) is 109 cm³/mol. The Hall–Kier alpha value is -3.21. The largest absolute Gasteiger partial charge is 0.348 e. The number of nitrogens with zero attached hydrogens (tertiary/aromatic N) is 2. The zero-order valence-corrected chi connectivity index (χ0v) is 16.1. The van der Waals surface area contributed by atoms with Gasteiger partial charge in [0, 0.05) is 11.6 Å². The first-order valence-corrected chi connectivity index (χ1v) is 9.54. The van der Waals surface area contributed by atoms with Crippen molar-refractivity contribution in [3.63, 3.8) is 0 Å². The van der Waals surface area contributed by atoms with E-state index in [4.69, 9.17) is 0 Å². The Kier molecular flexibility index (Phi) is 4.82. The number of aromatic nitrogens is 2. The molecule has 0 saturated heterocycles. The van der Waals surface area contributed by atoms with Crippen molar-refractivity contribution in [2.24, 2.45) is 0 Å². The van der Waals surface area contributed by atoms with Gasteiger partial charge in [-0.25, -0.2) is 4.68 Å². The van der Waals surface area contributed by atoms with Gasteiger partial charge in [0.1, 0.15) is 6.54 Å². The maximum absolute atomic E-state index is 12.6. The van der Waals surface area contributed by atoms with E-state index in [0.717, 1.165) is 24.0 Å². The fourth-order valence-electron chi connectivity index (χ4n) is 3.70. The van der Waals surface area contributed by atoms with Crippen molar-refractivity contribution < 1.29 is 4.79 Å². The summed E-state index contributed by atoms with van der Waals surface area (Å²) in [5.74, 6) is -0.200. The third-order valence-corrected chi connectivity index (χ3v) is 5.43. The summed E-state index contributed by atoms with van der Waals surface area (Å²) in [5, 5.41) is 7.46. The normalized spacial score (nSPS) is 15.3. The van der Waals surface area contributed by atoms with Crippen LogP contribution in [-0.4, -0.2) is 15.7 Å². The smallest absolute Gasteiger partial charge is 0.267 e. The molecule has 1 heterocycles. The molecule has 1 aliphatic carbocycles. The molecule has 1 atom stereocenters. The quantitative estimate of drug-likeness (QED) is 0.763. The van der Waals surface area contributed by atoms with Gasteiger partial charge in [-0.1, -0.05) is 36.4 Å². The maximum Gasteiger partial charge on any atom is 0.267 e. The summed E-state index contributed by atoms with van der Waals surface area (Å²) < 4.78 is 1.24. The molecule has 2 aromatic carbocycles. The van der Waals surface area contributed by atoms with Crippen LogP contribution in [0.5, 0.6) is 0 Å². The van der Waals surface area contributed by atoms with E-state index in [-0.39, 0.29) is 24.1 Å². The first-order chi connectivity index (χ1) is 13.5. The average molecular weight is 373 g/mol. The van der Waals surface area contributed by atoms with E-state index < -0.39 is 0 Å². The third-order valence-electron chi connectivity index (χ3n) is 5.43. The van der Waals surface area contributed by atoms with Gasteiger partial charge < -0.3 is 5.32 Å². The lowest BCUT2D eigenvalue weighted by Crippen LogP contribution is -2.35. The van der Waals surface area contributed by atoms with Crippen LogP contribution in [-0.2, 0) is 17.8 Å². The molecule has 0 aliphatic heterocycles. The zero-order chi connectivity index (χ0) is 19.7. The van der Waals surface area contributed by atoms with Gasteiger partial charge in [0.05, 0.1) is 11.7 Å². The van der Waals surface area contributed by atoms with Crippen molar-refractivity contribution in [1.29, 1.82) is 0 Å². The zero-order valence-electron chi connectivity index (χ0n) is 16.1. The molecule has 1 aromatic heterocycles. The number of carbonyl (C=O) groups is 1. The third kappa shape index (κ3) is 3.60. The fourth-order valence-corrected chi connectivity index (χ4v) is 3.70. The lowest BCUT2D eigenvalue weighted by molar-refractivity contribution is -0.122. The number of carbonyl (C=O) groups excluding carboxylic acids is 1. The Labute approximate surface area is 164 Å². The lowest BCUT2D eigenvalue weighted by atomic mass is 10.0. The molecule has 4 rings (SSSR count). The lowest BCUT2D eigenvalue weighted by Gasteiger charge is -2.15. The van der Waals surface area contributed by atoms with Crippen LogP contribution in [0.2, 0.25) is 0 Å². The van der Waals surface area contributed by atoms with E-state index in [1.807, 2.05) is 37.3 Å². The Bertz CT molecular complexity index is 1100. The molecule has 0 fully saturated rings. The SMILES string of the molecule is Cc1ccc(-c2ccc(=O)n(CC(=O)N[C@@H]3CCc4ccccc43)n2)cc1C. The van der Waals surface area contributed by atoms with Gasteiger partial charge in [0.15, 0.2) is 0 Å². The van der Waals surface area contributed by atoms with E-state index in [1.165, 1.54) is 27.4 Å². The summed E-state index contributed by atoms with van der Waals surface area (Å²) in [6.45, 7) is 4.01. The van der Waals surface area contributed by atoms with E-state index in [0.29, 0.717) is 5.69 Å². The van der Waals surface area contributed by atoms with Crippen molar-refractivity contribution in [1.82, 2.24) is 15.1 Å². The van der Waals surface area contributed by atoms with Crippen LogP contribution in [0.25, 0.3) is 11.3 Å². The first-order valence-electron chi connectivity index (χ1n) is 9.54. The van der Waals surface area contributed by atoms with Gasteiger partial charge in [-0.2, -0.15) is 5.10 Å². The van der Waals surface area contributed by atoms with Crippen molar-refractivity contribution in [2.75, 3.05) is 0 Å². The van der Waals surface area contributed by atoms with Crippen molar-refractivity contribution in [3.8, 4) is 11.3 Å². The van der Waals surface area contributed by atoms with E-state index >= 15 is 0 Å². The number of hydrogen-bond acceptors (Lipinski definition) is 3. The summed E-state index contributed by atoms with van der Waals surface area (Å²) >= 11 is 0. The highest BCUT2D eigenvalue weighted by atomic mass is 16.2. The van der Waals surface area contributed by atoms with Gasteiger partial charge in [-0.3, -0.25) is 9.59 Å². The highest BCUT2D eigenvalue weighted by molar-refractivity contribution is 5.76. The van der Waals surface area contributed by atoms with Crippen LogP contribution in [0.3, 0.4) is 0 Å². The molecule has 3 aromatic rings. The molecule has 0 spiro atoms. The standard InChI is InChI=1S/C23H23N3O2/c1-15-7-8-18(13-16(15)2)20-11-12-23(28)26(25-20)14-22(27)24-21-10-9-17-5-3-4-6-19(17)21/h3-8,11-13,21H,9-10,14H2,1-2H3,(H,24,27)/t21-/m1/s1. The Morgan fingerprint density at radius 2 is 1.93 bits per heavy atom. The van der Waals surface area contributed by atoms with Gasteiger partial charge >= 0.3 is 0 Å². The van der Waals surface area contributed by atoms with Crippen LogP contribution < -0.4 is 10.9 Å². The predicted octanol–water partition coefficient (Wildman–Crippen LogP) is 3.33. The molecule has 5 nitrogen and oxygen atoms in total. The van der Waals surface area contributed by atoms with E-state index in [2.05, 4.69) is 29.5 Å². The molecular formula is C23H23N3O2. The molecule has 1 amide bonds.